The summed E-state index contributed by atoms with van der Waals surface area (Å²) >= 11 is 0. The van der Waals surface area contributed by atoms with Gasteiger partial charge in [-0.05, 0) is 23.3 Å². The molecule has 7 heteroatoms. The third-order valence-corrected chi connectivity index (χ3v) is 7.13. The molecule has 0 unspecified atom stereocenters. The van der Waals surface area contributed by atoms with Gasteiger partial charge in [0.25, 0.3) is 0 Å². The summed E-state index contributed by atoms with van der Waals surface area (Å²) in [4.78, 5) is 40.5. The minimum absolute atomic E-state index is 0.0228. The number of piperidine rings is 1. The summed E-state index contributed by atoms with van der Waals surface area (Å²) in [5, 5.41) is 2.95. The monoisotopic (exact) mass is 414 g/mol. The Bertz CT molecular complexity index is 818. The van der Waals surface area contributed by atoms with Gasteiger partial charge in [-0.3, -0.25) is 9.59 Å². The number of carbonyl (C=O) groups is 3. The van der Waals surface area contributed by atoms with Gasteiger partial charge in [-0.1, -0.05) is 44.2 Å². The van der Waals surface area contributed by atoms with Crippen LogP contribution in [0.25, 0.3) is 0 Å². The molecule has 3 aliphatic rings. The maximum absolute atomic E-state index is 13.6. The number of rotatable bonds is 6. The molecular formula is C23H30N2O5. The second kappa shape index (κ2) is 8.02. The lowest BCUT2D eigenvalue weighted by atomic mass is 9.98. The topological polar surface area (TPSA) is 84.9 Å². The Kier molecular flexibility index (Phi) is 5.57. The summed E-state index contributed by atoms with van der Waals surface area (Å²) in [6, 6.07) is 8.29. The summed E-state index contributed by atoms with van der Waals surface area (Å²) in [5.41, 5.74) is 0.979. The molecule has 0 radical (unpaired) electrons. The molecule has 0 bridgehead atoms. The van der Waals surface area contributed by atoms with Crippen molar-refractivity contribution in [2.45, 2.75) is 38.8 Å². The lowest BCUT2D eigenvalue weighted by molar-refractivity contribution is -0.154. The Balaban J connectivity index is 1.55. The molecule has 1 aromatic rings. The van der Waals surface area contributed by atoms with Crippen molar-refractivity contribution >= 4 is 17.8 Å². The standard InChI is InChI=1S/C23H30N2O5/c1-23(2)16-12-25(19(18(16)23)22(28)29-3)21(27)17(11-14-7-5-4-6-8-14)24-20(26)15-9-10-30-13-15/h4-8,15-19H,9-13H2,1-3H3,(H,24,26)/t15-,16+,17+,18+,19+/m1/s1. The number of nitrogens with one attached hydrogen (secondary N) is 1. The average Bonchev–Trinajstić information content (AvgIpc) is 3.21. The predicted molar refractivity (Wildman–Crippen MR) is 109 cm³/mol. The largest absolute Gasteiger partial charge is 0.467 e. The van der Waals surface area contributed by atoms with Crippen LogP contribution in [-0.2, 0) is 30.3 Å². The highest BCUT2D eigenvalue weighted by Gasteiger charge is 2.70. The first kappa shape index (κ1) is 20.8. The van der Waals surface area contributed by atoms with Crippen LogP contribution in [-0.4, -0.2) is 61.6 Å². The Labute approximate surface area is 177 Å². The minimum atomic E-state index is -0.728. The molecule has 7 nitrogen and oxygen atoms in total. The second-order valence-corrected chi connectivity index (χ2v) is 9.22. The maximum atomic E-state index is 13.6. The molecular weight excluding hydrogens is 384 g/mol. The first-order chi connectivity index (χ1) is 14.3. The Hall–Kier alpha value is -2.41. The third-order valence-electron chi connectivity index (χ3n) is 7.13. The van der Waals surface area contributed by atoms with E-state index < -0.39 is 12.1 Å². The number of amides is 2. The lowest BCUT2D eigenvalue weighted by Gasteiger charge is -2.32. The fraction of sp³-hybridized carbons (Fsp3) is 0.609. The van der Waals surface area contributed by atoms with Crippen LogP contribution in [0.1, 0.15) is 25.8 Å². The summed E-state index contributed by atoms with van der Waals surface area (Å²) in [6.07, 6.45) is 1.03. The lowest BCUT2D eigenvalue weighted by Crippen LogP contribution is -2.55. The van der Waals surface area contributed by atoms with Crippen LogP contribution >= 0.6 is 0 Å². The molecule has 2 aliphatic heterocycles. The van der Waals surface area contributed by atoms with E-state index in [1.165, 1.54) is 7.11 Å². The number of methoxy groups -OCH3 is 1. The van der Waals surface area contributed by atoms with Crippen LogP contribution in [0.4, 0.5) is 0 Å². The zero-order valence-corrected chi connectivity index (χ0v) is 17.8. The molecule has 2 amide bonds. The van der Waals surface area contributed by atoms with Crippen molar-refractivity contribution in [2.24, 2.45) is 23.2 Å². The van der Waals surface area contributed by atoms with Crippen molar-refractivity contribution in [1.29, 1.82) is 0 Å². The highest BCUT2D eigenvalue weighted by Crippen LogP contribution is 2.65. The Morgan fingerprint density at radius 3 is 2.63 bits per heavy atom. The highest BCUT2D eigenvalue weighted by molar-refractivity contribution is 5.92. The highest BCUT2D eigenvalue weighted by atomic mass is 16.5. The molecule has 5 atom stereocenters. The number of fused-ring (bicyclic) bond motifs is 1. The maximum Gasteiger partial charge on any atom is 0.328 e. The van der Waals surface area contributed by atoms with E-state index in [2.05, 4.69) is 19.2 Å². The van der Waals surface area contributed by atoms with Crippen molar-refractivity contribution in [3.8, 4) is 0 Å². The number of ether oxygens (including phenoxy) is 2. The molecule has 2 heterocycles. The summed E-state index contributed by atoms with van der Waals surface area (Å²) in [7, 11) is 1.36. The van der Waals surface area contributed by atoms with Gasteiger partial charge in [0.05, 0.1) is 19.6 Å². The predicted octanol–water partition coefficient (Wildman–Crippen LogP) is 1.41. The van der Waals surface area contributed by atoms with E-state index in [0.29, 0.717) is 32.6 Å². The smallest absolute Gasteiger partial charge is 0.328 e. The van der Waals surface area contributed by atoms with Gasteiger partial charge in [0.1, 0.15) is 12.1 Å². The molecule has 1 aliphatic carbocycles. The summed E-state index contributed by atoms with van der Waals surface area (Å²) in [5.74, 6) is -0.619. The number of hydrogen-bond acceptors (Lipinski definition) is 5. The first-order valence-corrected chi connectivity index (χ1v) is 10.6. The van der Waals surface area contributed by atoms with E-state index in [1.807, 2.05) is 30.3 Å². The molecule has 0 spiro atoms. The number of likely N-dealkylation sites (tertiary alicyclic amines) is 1. The van der Waals surface area contributed by atoms with E-state index in [1.54, 1.807) is 4.90 Å². The number of esters is 1. The van der Waals surface area contributed by atoms with E-state index >= 15 is 0 Å². The van der Waals surface area contributed by atoms with E-state index in [-0.39, 0.29) is 41.0 Å². The molecule has 162 valence electrons. The fourth-order valence-electron chi connectivity index (χ4n) is 5.18. The van der Waals surface area contributed by atoms with Crippen LogP contribution in [0.5, 0.6) is 0 Å². The summed E-state index contributed by atoms with van der Waals surface area (Å²) < 4.78 is 10.4. The zero-order valence-electron chi connectivity index (χ0n) is 17.8. The van der Waals surface area contributed by atoms with Crippen LogP contribution in [0, 0.1) is 23.2 Å². The first-order valence-electron chi connectivity index (χ1n) is 10.6. The van der Waals surface area contributed by atoms with Crippen LogP contribution < -0.4 is 5.32 Å². The molecule has 1 saturated carbocycles. The third kappa shape index (κ3) is 3.71. The van der Waals surface area contributed by atoms with Crippen molar-refractivity contribution in [3.05, 3.63) is 35.9 Å². The fourth-order valence-corrected chi connectivity index (χ4v) is 5.18. The van der Waals surface area contributed by atoms with E-state index in [4.69, 9.17) is 9.47 Å². The van der Waals surface area contributed by atoms with Crippen LogP contribution in [0.3, 0.4) is 0 Å². The van der Waals surface area contributed by atoms with Gasteiger partial charge in [-0.15, -0.1) is 0 Å². The van der Waals surface area contributed by atoms with Gasteiger partial charge in [0.2, 0.25) is 11.8 Å². The molecule has 2 saturated heterocycles. The SMILES string of the molecule is COC(=O)[C@@H]1[C@@H]2[C@H](CN1C(=O)[C@H](Cc1ccccc1)NC(=O)[C@@H]1CCOC1)C2(C)C. The van der Waals surface area contributed by atoms with Gasteiger partial charge in [0, 0.05) is 25.5 Å². The van der Waals surface area contributed by atoms with Crippen molar-refractivity contribution in [1.82, 2.24) is 10.2 Å². The molecule has 1 N–H and O–H groups in total. The second-order valence-electron chi connectivity index (χ2n) is 9.22. The molecule has 4 rings (SSSR count). The number of nitrogens with zero attached hydrogens (tertiary/aromatic N) is 1. The summed E-state index contributed by atoms with van der Waals surface area (Å²) in [6.45, 7) is 5.71. The van der Waals surface area contributed by atoms with Gasteiger partial charge in [-0.2, -0.15) is 0 Å². The Morgan fingerprint density at radius 1 is 1.27 bits per heavy atom. The van der Waals surface area contributed by atoms with E-state index in [0.717, 1.165) is 5.56 Å². The van der Waals surface area contributed by atoms with Crippen molar-refractivity contribution < 1.29 is 23.9 Å². The van der Waals surface area contributed by atoms with Crippen LogP contribution in [0.2, 0.25) is 0 Å². The normalized spacial score (nSPS) is 29.8. The van der Waals surface area contributed by atoms with Crippen molar-refractivity contribution in [3.63, 3.8) is 0 Å². The average molecular weight is 415 g/mol. The number of hydrogen-bond donors (Lipinski definition) is 1. The zero-order chi connectivity index (χ0) is 21.5. The number of carbonyl (C=O) groups excluding carboxylic acids is 3. The van der Waals surface area contributed by atoms with Gasteiger partial charge >= 0.3 is 5.97 Å². The van der Waals surface area contributed by atoms with Crippen molar-refractivity contribution in [2.75, 3.05) is 26.9 Å². The molecule has 0 aromatic heterocycles. The molecule has 30 heavy (non-hydrogen) atoms. The molecule has 3 fully saturated rings. The van der Waals surface area contributed by atoms with Gasteiger partial charge in [-0.25, -0.2) is 4.79 Å². The quantitative estimate of drug-likeness (QED) is 0.712. The van der Waals surface area contributed by atoms with Gasteiger partial charge in [0.15, 0.2) is 0 Å². The van der Waals surface area contributed by atoms with Crippen LogP contribution in [0.15, 0.2) is 30.3 Å². The molecule has 1 aromatic carbocycles. The van der Waals surface area contributed by atoms with Gasteiger partial charge < -0.3 is 19.7 Å². The Morgan fingerprint density at radius 2 is 2.00 bits per heavy atom. The number of benzene rings is 1. The minimum Gasteiger partial charge on any atom is -0.467 e. The van der Waals surface area contributed by atoms with E-state index in [9.17, 15) is 14.4 Å².